The standard InChI is InChI=1S/C17H21NO5S.C2H6/c1-12-7-5-6-10-14(12)16-15(11-21-24(18,19)20)22-17(23-16)13-8-3-2-4-9-13;1-2/h2-4,6,8-10,15-17H,5,7,11H2,1H3,(H2,18,19,20);1-2H3. The number of hydrogen-bond acceptors (Lipinski definition) is 5. The minimum Gasteiger partial charge on any atom is -0.340 e. The third kappa shape index (κ3) is 5.49. The highest BCUT2D eigenvalue weighted by Gasteiger charge is 2.40. The van der Waals surface area contributed by atoms with E-state index in [0.717, 1.165) is 24.0 Å². The van der Waals surface area contributed by atoms with Gasteiger partial charge in [0.05, 0.1) is 6.61 Å². The summed E-state index contributed by atoms with van der Waals surface area (Å²) >= 11 is 0. The van der Waals surface area contributed by atoms with Crippen LogP contribution in [0.15, 0.2) is 53.6 Å². The highest BCUT2D eigenvalue weighted by molar-refractivity contribution is 7.84. The molecule has 1 heterocycles. The molecule has 0 bridgehead atoms. The van der Waals surface area contributed by atoms with Crippen molar-refractivity contribution in [2.24, 2.45) is 5.14 Å². The van der Waals surface area contributed by atoms with Gasteiger partial charge in [-0.15, -0.1) is 0 Å². The molecule has 0 radical (unpaired) electrons. The first-order valence-corrected chi connectivity index (χ1v) is 10.3. The van der Waals surface area contributed by atoms with Crippen molar-refractivity contribution in [2.75, 3.05) is 6.61 Å². The quantitative estimate of drug-likeness (QED) is 0.845. The van der Waals surface area contributed by atoms with Gasteiger partial charge in [0.2, 0.25) is 0 Å². The molecule has 1 saturated heterocycles. The Bertz CT molecular complexity index is 742. The maximum absolute atomic E-state index is 11.1. The van der Waals surface area contributed by atoms with Gasteiger partial charge in [-0.25, -0.2) is 5.14 Å². The van der Waals surface area contributed by atoms with Gasteiger partial charge in [-0.05, 0) is 25.3 Å². The molecule has 2 aliphatic rings. The topological polar surface area (TPSA) is 87.8 Å². The van der Waals surface area contributed by atoms with Crippen LogP contribution in [0.4, 0.5) is 0 Å². The molecule has 1 fully saturated rings. The van der Waals surface area contributed by atoms with Crippen molar-refractivity contribution in [2.45, 2.75) is 52.1 Å². The van der Waals surface area contributed by atoms with Crippen molar-refractivity contribution in [3.8, 4) is 0 Å². The zero-order chi connectivity index (χ0) is 19.2. The Labute approximate surface area is 155 Å². The number of hydrogen-bond donors (Lipinski definition) is 1. The summed E-state index contributed by atoms with van der Waals surface area (Å²) in [6, 6.07) is 9.52. The molecule has 2 N–H and O–H groups in total. The van der Waals surface area contributed by atoms with E-state index in [2.05, 4.69) is 13.0 Å². The van der Waals surface area contributed by atoms with Crippen LogP contribution in [0, 0.1) is 0 Å². The maximum Gasteiger partial charge on any atom is 0.333 e. The molecule has 1 aromatic rings. The van der Waals surface area contributed by atoms with Crippen LogP contribution in [0.2, 0.25) is 0 Å². The highest BCUT2D eigenvalue weighted by atomic mass is 32.2. The third-order valence-electron chi connectivity index (χ3n) is 4.16. The van der Waals surface area contributed by atoms with Crippen molar-refractivity contribution >= 4 is 10.3 Å². The molecule has 0 amide bonds. The lowest BCUT2D eigenvalue weighted by atomic mass is 9.93. The Kier molecular flexibility index (Phi) is 7.55. The normalized spacial score (nSPS) is 25.8. The van der Waals surface area contributed by atoms with Gasteiger partial charge >= 0.3 is 10.3 Å². The van der Waals surface area contributed by atoms with Crippen molar-refractivity contribution in [1.29, 1.82) is 0 Å². The average Bonchev–Trinajstić information content (AvgIpc) is 3.06. The van der Waals surface area contributed by atoms with Gasteiger partial charge in [0, 0.05) is 5.56 Å². The van der Waals surface area contributed by atoms with Gasteiger partial charge in [0.1, 0.15) is 12.2 Å². The predicted octanol–water partition coefficient (Wildman–Crippen LogP) is 3.38. The molecule has 3 rings (SSSR count). The summed E-state index contributed by atoms with van der Waals surface area (Å²) in [6.07, 6.45) is 4.52. The van der Waals surface area contributed by atoms with Gasteiger partial charge in [-0.2, -0.15) is 8.42 Å². The van der Waals surface area contributed by atoms with Crippen LogP contribution >= 0.6 is 0 Å². The molecular formula is C19H27NO5S. The average molecular weight is 381 g/mol. The van der Waals surface area contributed by atoms with Crippen molar-refractivity contribution in [1.82, 2.24) is 0 Å². The molecule has 26 heavy (non-hydrogen) atoms. The second-order valence-electron chi connectivity index (χ2n) is 5.93. The summed E-state index contributed by atoms with van der Waals surface area (Å²) in [6.45, 7) is 5.87. The van der Waals surface area contributed by atoms with Crippen LogP contribution in [0.5, 0.6) is 0 Å². The number of benzene rings is 1. The van der Waals surface area contributed by atoms with E-state index in [1.807, 2.05) is 50.3 Å². The van der Waals surface area contributed by atoms with Gasteiger partial charge in [0.15, 0.2) is 6.29 Å². The molecule has 144 valence electrons. The van der Waals surface area contributed by atoms with Gasteiger partial charge in [0.25, 0.3) is 0 Å². The molecule has 1 aliphatic heterocycles. The molecule has 1 aliphatic carbocycles. The van der Waals surface area contributed by atoms with E-state index < -0.39 is 28.8 Å². The number of allylic oxidation sites excluding steroid dienone is 2. The fourth-order valence-corrected chi connectivity index (χ4v) is 3.27. The van der Waals surface area contributed by atoms with Crippen LogP contribution in [-0.4, -0.2) is 27.2 Å². The number of rotatable bonds is 5. The molecule has 7 heteroatoms. The first kappa shape index (κ1) is 20.8. The van der Waals surface area contributed by atoms with Crippen LogP contribution < -0.4 is 5.14 Å². The number of nitrogens with two attached hydrogens (primary N) is 1. The van der Waals surface area contributed by atoms with E-state index in [1.165, 1.54) is 5.57 Å². The highest BCUT2D eigenvalue weighted by Crippen LogP contribution is 2.37. The second kappa shape index (κ2) is 9.43. The SMILES string of the molecule is CC.CC1=C(C2OC(c3ccccc3)OC2COS(N)(=O)=O)C=CCC1. The fraction of sp³-hybridized carbons (Fsp3) is 0.474. The van der Waals surface area contributed by atoms with E-state index in [0.29, 0.717) is 0 Å². The lowest BCUT2D eigenvalue weighted by Crippen LogP contribution is -2.32. The summed E-state index contributed by atoms with van der Waals surface area (Å²) in [5.41, 5.74) is 3.10. The molecule has 0 saturated carbocycles. The van der Waals surface area contributed by atoms with Crippen molar-refractivity contribution < 1.29 is 22.1 Å². The van der Waals surface area contributed by atoms with E-state index in [4.69, 9.17) is 18.8 Å². The second-order valence-corrected chi connectivity index (χ2v) is 7.15. The fourth-order valence-electron chi connectivity index (χ4n) is 2.95. The van der Waals surface area contributed by atoms with Gasteiger partial charge < -0.3 is 9.47 Å². The predicted molar refractivity (Wildman–Crippen MR) is 100 cm³/mol. The van der Waals surface area contributed by atoms with E-state index in [-0.39, 0.29) is 6.61 Å². The van der Waals surface area contributed by atoms with Crippen molar-refractivity contribution in [3.05, 3.63) is 59.2 Å². The summed E-state index contributed by atoms with van der Waals surface area (Å²) in [5.74, 6) is 0. The van der Waals surface area contributed by atoms with Gasteiger partial charge in [-0.1, -0.05) is 61.9 Å². The Morgan fingerprint density at radius 3 is 2.50 bits per heavy atom. The van der Waals surface area contributed by atoms with E-state index in [1.54, 1.807) is 0 Å². The smallest absolute Gasteiger partial charge is 0.333 e. The molecule has 0 aromatic heterocycles. The van der Waals surface area contributed by atoms with Crippen LogP contribution in [0.3, 0.4) is 0 Å². The minimum absolute atomic E-state index is 0.183. The summed E-state index contributed by atoms with van der Waals surface area (Å²) in [7, 11) is -4.03. The lowest BCUT2D eigenvalue weighted by molar-refractivity contribution is -0.0698. The molecule has 3 unspecified atom stereocenters. The molecule has 3 atom stereocenters. The summed E-state index contributed by atoms with van der Waals surface area (Å²) < 4.78 is 39.0. The summed E-state index contributed by atoms with van der Waals surface area (Å²) in [4.78, 5) is 0. The van der Waals surface area contributed by atoms with Crippen LogP contribution in [0.1, 0.15) is 45.5 Å². The van der Waals surface area contributed by atoms with Gasteiger partial charge in [-0.3, -0.25) is 4.18 Å². The Morgan fingerprint density at radius 1 is 1.19 bits per heavy atom. The first-order chi connectivity index (χ1) is 12.4. The third-order valence-corrected chi connectivity index (χ3v) is 4.62. The van der Waals surface area contributed by atoms with E-state index >= 15 is 0 Å². The molecule has 1 aromatic carbocycles. The van der Waals surface area contributed by atoms with Crippen LogP contribution in [-0.2, 0) is 24.0 Å². The Balaban J connectivity index is 0.00000117. The largest absolute Gasteiger partial charge is 0.340 e. The molecule has 0 spiro atoms. The van der Waals surface area contributed by atoms with E-state index in [9.17, 15) is 8.42 Å². The Hall–Kier alpha value is -1.51. The maximum atomic E-state index is 11.1. The summed E-state index contributed by atoms with van der Waals surface area (Å²) in [5, 5.41) is 4.94. The zero-order valence-electron chi connectivity index (χ0n) is 15.4. The zero-order valence-corrected chi connectivity index (χ0v) is 16.2. The minimum atomic E-state index is -4.03. The molecular weight excluding hydrogens is 354 g/mol. The lowest BCUT2D eigenvalue weighted by Gasteiger charge is -2.21. The number of ether oxygens (including phenoxy) is 2. The molecule has 6 nitrogen and oxygen atoms in total. The monoisotopic (exact) mass is 381 g/mol. The Morgan fingerprint density at radius 2 is 1.88 bits per heavy atom. The van der Waals surface area contributed by atoms with Crippen LogP contribution in [0.25, 0.3) is 0 Å². The first-order valence-electron chi connectivity index (χ1n) is 8.83. The van der Waals surface area contributed by atoms with Crippen molar-refractivity contribution in [3.63, 3.8) is 0 Å².